The Hall–Kier alpha value is -2.04. The summed E-state index contributed by atoms with van der Waals surface area (Å²) in [6.45, 7) is 3.18. The van der Waals surface area contributed by atoms with Crippen LogP contribution in [0.25, 0.3) is 0 Å². The Labute approximate surface area is 118 Å². The summed E-state index contributed by atoms with van der Waals surface area (Å²) < 4.78 is 5.44. The first kappa shape index (κ1) is 16.0. The molecule has 20 heavy (non-hydrogen) atoms. The molecule has 0 bridgehead atoms. The molecule has 5 heteroatoms. The molecule has 0 radical (unpaired) electrons. The maximum atomic E-state index is 11.8. The van der Waals surface area contributed by atoms with Gasteiger partial charge in [-0.25, -0.2) is 0 Å². The molecule has 0 atom stereocenters. The maximum Gasteiger partial charge on any atom is 0.303 e. The van der Waals surface area contributed by atoms with Gasteiger partial charge in [-0.3, -0.25) is 9.59 Å². The highest BCUT2D eigenvalue weighted by Gasteiger charge is 2.05. The number of carboxylic acid groups (broad SMARTS) is 1. The minimum Gasteiger partial charge on any atom is -0.494 e. The number of hydrogen-bond donors (Lipinski definition) is 2. The Morgan fingerprint density at radius 1 is 1.20 bits per heavy atom. The summed E-state index contributed by atoms with van der Waals surface area (Å²) in [7, 11) is 0. The van der Waals surface area contributed by atoms with Crippen LogP contribution in [-0.2, 0) is 4.79 Å². The minimum absolute atomic E-state index is 0.138. The van der Waals surface area contributed by atoms with E-state index < -0.39 is 5.97 Å². The topological polar surface area (TPSA) is 75.6 Å². The Morgan fingerprint density at radius 2 is 1.90 bits per heavy atom. The molecular weight excluding hydrogens is 258 g/mol. The molecule has 0 unspecified atom stereocenters. The quantitative estimate of drug-likeness (QED) is 0.681. The summed E-state index contributed by atoms with van der Waals surface area (Å²) in [6, 6.07) is 6.99. The molecule has 1 amide bonds. The average molecular weight is 279 g/mol. The molecular formula is C15H21NO4. The highest BCUT2D eigenvalue weighted by Crippen LogP contribution is 2.12. The summed E-state index contributed by atoms with van der Waals surface area (Å²) in [4.78, 5) is 22.1. The molecule has 5 nitrogen and oxygen atoms in total. The molecule has 0 aromatic heterocycles. The largest absolute Gasteiger partial charge is 0.494 e. The highest BCUT2D eigenvalue weighted by atomic mass is 16.5. The van der Waals surface area contributed by atoms with Crippen molar-refractivity contribution in [2.45, 2.75) is 32.6 Å². The van der Waals surface area contributed by atoms with E-state index in [4.69, 9.17) is 9.84 Å². The van der Waals surface area contributed by atoms with Crippen LogP contribution in [0.3, 0.4) is 0 Å². The van der Waals surface area contributed by atoms with Gasteiger partial charge in [0, 0.05) is 18.5 Å². The van der Waals surface area contributed by atoms with Crippen molar-refractivity contribution >= 4 is 11.9 Å². The number of carbonyl (C=O) groups excluding carboxylic acids is 1. The molecule has 0 aliphatic rings. The van der Waals surface area contributed by atoms with E-state index in [1.807, 2.05) is 6.92 Å². The maximum absolute atomic E-state index is 11.8. The van der Waals surface area contributed by atoms with Crippen molar-refractivity contribution in [2.24, 2.45) is 0 Å². The zero-order valence-corrected chi connectivity index (χ0v) is 11.7. The molecule has 2 N–H and O–H groups in total. The molecule has 1 aromatic rings. The Kier molecular flexibility index (Phi) is 7.17. The first-order valence-electron chi connectivity index (χ1n) is 6.86. The minimum atomic E-state index is -0.806. The lowest BCUT2D eigenvalue weighted by Gasteiger charge is -2.07. The first-order valence-corrected chi connectivity index (χ1v) is 6.86. The molecule has 0 saturated heterocycles. The third kappa shape index (κ3) is 6.22. The fourth-order valence-corrected chi connectivity index (χ4v) is 1.63. The number of carbonyl (C=O) groups is 2. The molecule has 110 valence electrons. The number of ether oxygens (including phenoxy) is 1. The van der Waals surface area contributed by atoms with E-state index in [1.165, 1.54) is 0 Å². The van der Waals surface area contributed by atoms with Crippen LogP contribution < -0.4 is 10.1 Å². The number of rotatable bonds is 9. The van der Waals surface area contributed by atoms with Gasteiger partial charge in [0.2, 0.25) is 0 Å². The van der Waals surface area contributed by atoms with Gasteiger partial charge in [0.1, 0.15) is 5.75 Å². The van der Waals surface area contributed by atoms with Crippen molar-refractivity contribution < 1.29 is 19.4 Å². The summed E-state index contributed by atoms with van der Waals surface area (Å²) in [5, 5.41) is 11.3. The Morgan fingerprint density at radius 3 is 2.50 bits per heavy atom. The van der Waals surface area contributed by atoms with Gasteiger partial charge in [0.25, 0.3) is 5.91 Å². The van der Waals surface area contributed by atoms with Gasteiger partial charge < -0.3 is 15.2 Å². The van der Waals surface area contributed by atoms with Crippen molar-refractivity contribution in [3.05, 3.63) is 29.8 Å². The SMILES string of the molecule is CCCOc1ccc(C(=O)NCCCCC(=O)O)cc1. The van der Waals surface area contributed by atoms with E-state index >= 15 is 0 Å². The van der Waals surface area contributed by atoms with Crippen molar-refractivity contribution in [3.63, 3.8) is 0 Å². The fourth-order valence-electron chi connectivity index (χ4n) is 1.63. The lowest BCUT2D eigenvalue weighted by molar-refractivity contribution is -0.137. The predicted octanol–water partition coefficient (Wildman–Crippen LogP) is 2.46. The van der Waals surface area contributed by atoms with E-state index in [9.17, 15) is 9.59 Å². The van der Waals surface area contributed by atoms with Crippen LogP contribution in [0.15, 0.2) is 24.3 Å². The van der Waals surface area contributed by atoms with Crippen molar-refractivity contribution in [2.75, 3.05) is 13.2 Å². The van der Waals surface area contributed by atoms with Crippen LogP contribution in [0.5, 0.6) is 5.75 Å². The van der Waals surface area contributed by atoms with E-state index in [1.54, 1.807) is 24.3 Å². The monoisotopic (exact) mass is 279 g/mol. The number of amides is 1. The van der Waals surface area contributed by atoms with E-state index in [0.29, 0.717) is 31.6 Å². The van der Waals surface area contributed by atoms with Gasteiger partial charge in [-0.2, -0.15) is 0 Å². The first-order chi connectivity index (χ1) is 9.63. The predicted molar refractivity (Wildman–Crippen MR) is 76.0 cm³/mol. The number of nitrogens with one attached hydrogen (secondary N) is 1. The van der Waals surface area contributed by atoms with Gasteiger partial charge >= 0.3 is 5.97 Å². The number of unbranched alkanes of at least 4 members (excludes halogenated alkanes) is 1. The van der Waals surface area contributed by atoms with Gasteiger partial charge in [-0.15, -0.1) is 0 Å². The second-order valence-corrected chi connectivity index (χ2v) is 4.48. The zero-order chi connectivity index (χ0) is 14.8. The smallest absolute Gasteiger partial charge is 0.303 e. The summed E-state index contributed by atoms with van der Waals surface area (Å²) in [5.41, 5.74) is 0.576. The van der Waals surface area contributed by atoms with Gasteiger partial charge in [-0.1, -0.05) is 6.92 Å². The third-order valence-corrected chi connectivity index (χ3v) is 2.69. The zero-order valence-electron chi connectivity index (χ0n) is 11.7. The summed E-state index contributed by atoms with van der Waals surface area (Å²) in [6.07, 6.45) is 2.31. The molecule has 0 saturated carbocycles. The average Bonchev–Trinajstić information content (AvgIpc) is 2.44. The van der Waals surface area contributed by atoms with Gasteiger partial charge in [-0.05, 0) is 43.5 Å². The summed E-state index contributed by atoms with van der Waals surface area (Å²) >= 11 is 0. The number of hydrogen-bond acceptors (Lipinski definition) is 3. The molecule has 0 aliphatic carbocycles. The van der Waals surface area contributed by atoms with Crippen molar-refractivity contribution in [1.82, 2.24) is 5.32 Å². The van der Waals surface area contributed by atoms with Crippen LogP contribution in [-0.4, -0.2) is 30.1 Å². The number of carboxylic acids is 1. The number of aliphatic carboxylic acids is 1. The standard InChI is InChI=1S/C15H21NO4/c1-2-11-20-13-8-6-12(7-9-13)15(19)16-10-4-3-5-14(17)18/h6-9H,2-5,10-11H2,1H3,(H,16,19)(H,17,18). The fraction of sp³-hybridized carbons (Fsp3) is 0.467. The highest BCUT2D eigenvalue weighted by molar-refractivity contribution is 5.94. The lowest BCUT2D eigenvalue weighted by Crippen LogP contribution is -2.24. The molecule has 0 spiro atoms. The normalized spacial score (nSPS) is 10.1. The molecule has 0 fully saturated rings. The van der Waals surface area contributed by atoms with Crippen LogP contribution in [0.2, 0.25) is 0 Å². The molecule has 0 aliphatic heterocycles. The molecule has 1 rings (SSSR count). The second kappa shape index (κ2) is 8.96. The van der Waals surface area contributed by atoms with Crippen LogP contribution in [0, 0.1) is 0 Å². The van der Waals surface area contributed by atoms with Crippen LogP contribution in [0.1, 0.15) is 43.0 Å². The Balaban J connectivity index is 2.30. The Bertz CT molecular complexity index is 428. The van der Waals surface area contributed by atoms with Gasteiger partial charge in [0.05, 0.1) is 6.61 Å². The van der Waals surface area contributed by atoms with E-state index in [-0.39, 0.29) is 12.3 Å². The van der Waals surface area contributed by atoms with Gasteiger partial charge in [0.15, 0.2) is 0 Å². The van der Waals surface area contributed by atoms with Crippen molar-refractivity contribution in [3.8, 4) is 5.75 Å². The lowest BCUT2D eigenvalue weighted by atomic mass is 10.2. The van der Waals surface area contributed by atoms with Crippen LogP contribution >= 0.6 is 0 Å². The van der Waals surface area contributed by atoms with E-state index in [2.05, 4.69) is 5.32 Å². The molecule has 1 aromatic carbocycles. The summed E-state index contributed by atoms with van der Waals surface area (Å²) in [5.74, 6) is -0.203. The number of benzene rings is 1. The third-order valence-electron chi connectivity index (χ3n) is 2.69. The van der Waals surface area contributed by atoms with Crippen molar-refractivity contribution in [1.29, 1.82) is 0 Å². The van der Waals surface area contributed by atoms with E-state index in [0.717, 1.165) is 12.2 Å². The molecule has 0 heterocycles. The van der Waals surface area contributed by atoms with Crippen LogP contribution in [0.4, 0.5) is 0 Å². The second-order valence-electron chi connectivity index (χ2n) is 4.48.